The van der Waals surface area contributed by atoms with E-state index in [4.69, 9.17) is 9.73 Å². The van der Waals surface area contributed by atoms with Crippen molar-refractivity contribution in [3.8, 4) is 0 Å². The van der Waals surface area contributed by atoms with E-state index in [1.54, 1.807) is 0 Å². The highest BCUT2D eigenvalue weighted by Gasteiger charge is 2.25. The third-order valence-electron chi connectivity index (χ3n) is 4.98. The second-order valence-electron chi connectivity index (χ2n) is 9.57. The van der Waals surface area contributed by atoms with E-state index in [0.717, 1.165) is 57.6 Å². The average Bonchev–Trinajstić information content (AvgIpc) is 2.59. The van der Waals surface area contributed by atoms with Crippen molar-refractivity contribution in [1.82, 2.24) is 16.0 Å². The van der Waals surface area contributed by atoms with Gasteiger partial charge in [-0.15, -0.1) is 24.0 Å². The number of guanidine groups is 1. The number of nitrogens with one attached hydrogen (secondary N) is 3. The summed E-state index contributed by atoms with van der Waals surface area (Å²) in [6, 6.07) is 0.522. The SMILES string of the molecule is CCNC(=NCC(CCO)CC(C)C)NC1CCC(NC(=O)OC(C)(C)C)CC1.I. The van der Waals surface area contributed by atoms with Gasteiger partial charge in [0.05, 0.1) is 0 Å². The van der Waals surface area contributed by atoms with E-state index in [9.17, 15) is 9.90 Å². The Bertz CT molecular complexity index is 501. The molecule has 1 aliphatic rings. The number of nitrogens with zero attached hydrogens (tertiary/aromatic N) is 1. The quantitative estimate of drug-likeness (QED) is 0.201. The number of ether oxygens (including phenoxy) is 1. The minimum atomic E-state index is -0.469. The Hall–Kier alpha value is -0.770. The first kappa shape index (κ1) is 29.2. The summed E-state index contributed by atoms with van der Waals surface area (Å²) in [7, 11) is 0. The number of aliphatic hydroxyl groups is 1. The lowest BCUT2D eigenvalue weighted by molar-refractivity contribution is 0.0490. The number of aliphatic hydroxyl groups excluding tert-OH is 1. The number of alkyl carbamates (subject to hydrolysis) is 1. The zero-order valence-electron chi connectivity index (χ0n) is 19.8. The molecule has 1 rings (SSSR count). The van der Waals surface area contributed by atoms with E-state index in [2.05, 4.69) is 36.7 Å². The fourth-order valence-electron chi connectivity index (χ4n) is 3.72. The summed E-state index contributed by atoms with van der Waals surface area (Å²) in [6.45, 7) is 13.9. The zero-order chi connectivity index (χ0) is 21.9. The largest absolute Gasteiger partial charge is 0.444 e. The van der Waals surface area contributed by atoms with Crippen LogP contribution in [0.5, 0.6) is 0 Å². The third kappa shape index (κ3) is 13.5. The number of carbonyl (C=O) groups is 1. The molecule has 7 nitrogen and oxygen atoms in total. The van der Waals surface area contributed by atoms with Gasteiger partial charge in [-0.25, -0.2) is 4.79 Å². The van der Waals surface area contributed by atoms with Crippen molar-refractivity contribution in [2.75, 3.05) is 19.7 Å². The van der Waals surface area contributed by atoms with E-state index in [0.29, 0.717) is 17.9 Å². The summed E-state index contributed by atoms with van der Waals surface area (Å²) in [5.74, 6) is 1.86. The van der Waals surface area contributed by atoms with Crippen molar-refractivity contribution in [2.45, 2.75) is 97.8 Å². The molecule has 0 saturated heterocycles. The first-order chi connectivity index (χ1) is 13.6. The van der Waals surface area contributed by atoms with Crippen molar-refractivity contribution >= 4 is 36.0 Å². The van der Waals surface area contributed by atoms with Crippen LogP contribution in [0.4, 0.5) is 4.79 Å². The van der Waals surface area contributed by atoms with Gasteiger partial charge >= 0.3 is 6.09 Å². The Balaban J connectivity index is 0.00000841. The molecule has 0 aliphatic heterocycles. The van der Waals surface area contributed by atoms with E-state index in [1.807, 2.05) is 20.8 Å². The molecule has 0 heterocycles. The van der Waals surface area contributed by atoms with E-state index in [-0.39, 0.29) is 42.7 Å². The van der Waals surface area contributed by atoms with Crippen LogP contribution >= 0.6 is 24.0 Å². The highest BCUT2D eigenvalue weighted by Crippen LogP contribution is 2.20. The van der Waals surface area contributed by atoms with Gasteiger partial charge < -0.3 is 25.8 Å². The fourth-order valence-corrected chi connectivity index (χ4v) is 3.72. The van der Waals surface area contributed by atoms with Gasteiger partial charge in [-0.05, 0) is 78.1 Å². The van der Waals surface area contributed by atoms with Gasteiger partial charge in [0.25, 0.3) is 0 Å². The van der Waals surface area contributed by atoms with Gasteiger partial charge in [-0.3, -0.25) is 4.99 Å². The Morgan fingerprint density at radius 3 is 2.17 bits per heavy atom. The van der Waals surface area contributed by atoms with Crippen LogP contribution in [-0.4, -0.2) is 54.5 Å². The Labute approximate surface area is 200 Å². The summed E-state index contributed by atoms with van der Waals surface area (Å²) in [6.07, 6.45) is 5.36. The normalized spacial score (nSPS) is 20.9. The summed E-state index contributed by atoms with van der Waals surface area (Å²) in [5, 5.41) is 19.2. The van der Waals surface area contributed by atoms with Crippen LogP contribution in [-0.2, 0) is 4.74 Å². The zero-order valence-corrected chi connectivity index (χ0v) is 22.1. The highest BCUT2D eigenvalue weighted by molar-refractivity contribution is 14.0. The molecule has 1 aliphatic carbocycles. The molecule has 1 fully saturated rings. The number of amides is 1. The lowest BCUT2D eigenvalue weighted by atomic mass is 9.91. The number of hydrogen-bond acceptors (Lipinski definition) is 4. The molecule has 1 unspecified atom stereocenters. The number of rotatable bonds is 9. The lowest BCUT2D eigenvalue weighted by Gasteiger charge is -2.31. The molecule has 0 aromatic rings. The number of carbonyl (C=O) groups excluding carboxylic acids is 1. The van der Waals surface area contributed by atoms with Gasteiger partial charge in [0.1, 0.15) is 5.60 Å². The standard InChI is InChI=1S/C22H44N4O3.HI/c1-7-23-20(24-15-17(12-13-27)14-16(2)3)25-18-8-10-19(11-9-18)26-21(28)29-22(4,5)6;/h16-19,27H,7-15H2,1-6H3,(H,26,28)(H2,23,24,25);1H. The molecular weight excluding hydrogens is 495 g/mol. The van der Waals surface area contributed by atoms with Crippen LogP contribution in [0.2, 0.25) is 0 Å². The summed E-state index contributed by atoms with van der Waals surface area (Å²) >= 11 is 0. The first-order valence-electron chi connectivity index (χ1n) is 11.3. The lowest BCUT2D eigenvalue weighted by Crippen LogP contribution is -2.48. The Morgan fingerprint density at radius 2 is 1.70 bits per heavy atom. The Kier molecular flexibility index (Phi) is 14.7. The van der Waals surface area contributed by atoms with Crippen LogP contribution < -0.4 is 16.0 Å². The Morgan fingerprint density at radius 1 is 1.13 bits per heavy atom. The molecule has 178 valence electrons. The first-order valence-corrected chi connectivity index (χ1v) is 11.3. The van der Waals surface area contributed by atoms with Crippen LogP contribution in [0, 0.1) is 11.8 Å². The second-order valence-corrected chi connectivity index (χ2v) is 9.57. The molecule has 1 amide bonds. The molecule has 0 bridgehead atoms. The van der Waals surface area contributed by atoms with Gasteiger partial charge in [0.15, 0.2) is 5.96 Å². The maximum Gasteiger partial charge on any atom is 0.407 e. The second kappa shape index (κ2) is 15.1. The highest BCUT2D eigenvalue weighted by atomic mass is 127. The molecule has 4 N–H and O–H groups in total. The number of halogens is 1. The molecule has 8 heteroatoms. The monoisotopic (exact) mass is 540 g/mol. The smallest absolute Gasteiger partial charge is 0.407 e. The topological polar surface area (TPSA) is 95.0 Å². The van der Waals surface area contributed by atoms with E-state index < -0.39 is 5.60 Å². The number of aliphatic imine (C=N–C) groups is 1. The van der Waals surface area contributed by atoms with Crippen molar-refractivity contribution in [1.29, 1.82) is 0 Å². The summed E-state index contributed by atoms with van der Waals surface area (Å²) in [4.78, 5) is 16.7. The van der Waals surface area contributed by atoms with Gasteiger partial charge in [0.2, 0.25) is 0 Å². The molecule has 1 atom stereocenters. The average molecular weight is 541 g/mol. The van der Waals surface area contributed by atoms with E-state index >= 15 is 0 Å². The minimum Gasteiger partial charge on any atom is -0.444 e. The van der Waals surface area contributed by atoms with Gasteiger partial charge in [-0.2, -0.15) is 0 Å². The number of hydrogen-bond donors (Lipinski definition) is 4. The molecule has 0 radical (unpaired) electrons. The third-order valence-corrected chi connectivity index (χ3v) is 4.98. The summed E-state index contributed by atoms with van der Waals surface area (Å²) in [5.41, 5.74) is -0.469. The van der Waals surface area contributed by atoms with Crippen molar-refractivity contribution in [3.05, 3.63) is 0 Å². The van der Waals surface area contributed by atoms with Gasteiger partial charge in [-0.1, -0.05) is 13.8 Å². The molecule has 1 saturated carbocycles. The van der Waals surface area contributed by atoms with Crippen molar-refractivity contribution in [3.63, 3.8) is 0 Å². The van der Waals surface area contributed by atoms with Crippen molar-refractivity contribution in [2.24, 2.45) is 16.8 Å². The maximum atomic E-state index is 12.0. The van der Waals surface area contributed by atoms with Crippen LogP contribution in [0.15, 0.2) is 4.99 Å². The fraction of sp³-hybridized carbons (Fsp3) is 0.909. The molecule has 0 aromatic heterocycles. The molecule has 0 aromatic carbocycles. The molecular formula is C22H45IN4O3. The predicted octanol–water partition coefficient (Wildman–Crippen LogP) is 4.04. The molecule has 0 spiro atoms. The minimum absolute atomic E-state index is 0. The maximum absolute atomic E-state index is 12.0. The van der Waals surface area contributed by atoms with Crippen LogP contribution in [0.1, 0.15) is 80.1 Å². The van der Waals surface area contributed by atoms with Crippen LogP contribution in [0.3, 0.4) is 0 Å². The van der Waals surface area contributed by atoms with E-state index in [1.165, 1.54) is 0 Å². The van der Waals surface area contributed by atoms with Crippen LogP contribution in [0.25, 0.3) is 0 Å². The van der Waals surface area contributed by atoms with Crippen molar-refractivity contribution < 1.29 is 14.6 Å². The predicted molar refractivity (Wildman–Crippen MR) is 135 cm³/mol. The van der Waals surface area contributed by atoms with Gasteiger partial charge in [0, 0.05) is 31.8 Å². The summed E-state index contributed by atoms with van der Waals surface area (Å²) < 4.78 is 5.35. The molecule has 30 heavy (non-hydrogen) atoms.